The highest BCUT2D eigenvalue weighted by molar-refractivity contribution is 5.94. The summed E-state index contributed by atoms with van der Waals surface area (Å²) >= 11 is 0. The normalized spacial score (nSPS) is 12.1. The fraction of sp³-hybridized carbons (Fsp3) is 0.400. The summed E-state index contributed by atoms with van der Waals surface area (Å²) in [5.41, 5.74) is -0.329. The molecule has 1 rings (SSSR count). The van der Waals surface area contributed by atoms with E-state index in [4.69, 9.17) is 9.84 Å². The summed E-state index contributed by atoms with van der Waals surface area (Å²) in [7, 11) is 0. The highest BCUT2D eigenvalue weighted by Gasteiger charge is 2.24. The minimum absolute atomic E-state index is 0.248. The number of ether oxygens (including phenoxy) is 1. The summed E-state index contributed by atoms with van der Waals surface area (Å²) in [6.07, 6.45) is -0.853. The second-order valence-electron chi connectivity index (χ2n) is 5.61. The number of carboxylic acids is 1. The van der Waals surface area contributed by atoms with Gasteiger partial charge in [-0.15, -0.1) is 0 Å². The predicted octanol–water partition coefficient (Wildman–Crippen LogP) is 1.39. The molecule has 0 aliphatic rings. The molecule has 0 radical (unpaired) electrons. The lowest BCUT2D eigenvalue weighted by Gasteiger charge is -2.22. The second kappa shape index (κ2) is 7.44. The molecule has 7 heteroatoms. The number of nitrogens with one attached hydrogen (secondary N) is 2. The summed E-state index contributed by atoms with van der Waals surface area (Å²) in [6, 6.07) is 7.09. The lowest BCUT2D eigenvalue weighted by Crippen LogP contribution is -2.49. The standard InChI is InChI=1S/C15H20N2O5/c1-15(2,3)22-14(21)17-11(13(19)20)9-16-12(18)10-7-5-4-6-8-10/h4-8,11H,9H2,1-3H3,(H,16,18)(H,17,21)(H,19,20)/t11-/m0/s1. The highest BCUT2D eigenvalue weighted by Crippen LogP contribution is 2.06. The van der Waals surface area contributed by atoms with Gasteiger partial charge in [-0.05, 0) is 32.9 Å². The highest BCUT2D eigenvalue weighted by atomic mass is 16.6. The third-order valence-electron chi connectivity index (χ3n) is 2.49. The van der Waals surface area contributed by atoms with E-state index in [-0.39, 0.29) is 6.54 Å². The second-order valence-corrected chi connectivity index (χ2v) is 5.61. The van der Waals surface area contributed by atoms with Crippen LogP contribution >= 0.6 is 0 Å². The Morgan fingerprint density at radius 3 is 2.27 bits per heavy atom. The number of hydrogen-bond donors (Lipinski definition) is 3. The van der Waals surface area contributed by atoms with Crippen LogP contribution in [-0.2, 0) is 9.53 Å². The SMILES string of the molecule is CC(C)(C)OC(=O)N[C@@H](CNC(=O)c1ccccc1)C(=O)O. The molecule has 0 aliphatic heterocycles. The molecule has 1 aromatic rings. The largest absolute Gasteiger partial charge is 0.480 e. The molecule has 0 aliphatic carbocycles. The maximum atomic E-state index is 11.8. The van der Waals surface area contributed by atoms with Crippen molar-refractivity contribution in [3.05, 3.63) is 35.9 Å². The van der Waals surface area contributed by atoms with Crippen LogP contribution in [0.5, 0.6) is 0 Å². The van der Waals surface area contributed by atoms with Gasteiger partial charge in [0.2, 0.25) is 0 Å². The van der Waals surface area contributed by atoms with Crippen molar-refractivity contribution in [2.45, 2.75) is 32.4 Å². The quantitative estimate of drug-likeness (QED) is 0.762. The summed E-state index contributed by atoms with van der Waals surface area (Å²) < 4.78 is 4.98. The Balaban J connectivity index is 2.57. The molecule has 0 fully saturated rings. The smallest absolute Gasteiger partial charge is 0.408 e. The molecule has 120 valence electrons. The van der Waals surface area contributed by atoms with Crippen LogP contribution in [0, 0.1) is 0 Å². The molecule has 1 atom stereocenters. The van der Waals surface area contributed by atoms with E-state index in [1.54, 1.807) is 51.1 Å². The minimum Gasteiger partial charge on any atom is -0.480 e. The zero-order chi connectivity index (χ0) is 16.8. The van der Waals surface area contributed by atoms with Crippen LogP contribution in [0.1, 0.15) is 31.1 Å². The molecule has 0 spiro atoms. The van der Waals surface area contributed by atoms with Crippen molar-refractivity contribution >= 4 is 18.0 Å². The van der Waals surface area contributed by atoms with Crippen molar-refractivity contribution < 1.29 is 24.2 Å². The van der Waals surface area contributed by atoms with Gasteiger partial charge in [-0.2, -0.15) is 0 Å². The molecular weight excluding hydrogens is 288 g/mol. The Bertz CT molecular complexity index is 537. The van der Waals surface area contributed by atoms with Crippen molar-refractivity contribution in [1.29, 1.82) is 0 Å². The van der Waals surface area contributed by atoms with Crippen LogP contribution in [0.25, 0.3) is 0 Å². The van der Waals surface area contributed by atoms with E-state index in [1.807, 2.05) is 0 Å². The molecule has 0 heterocycles. The molecule has 22 heavy (non-hydrogen) atoms. The first-order valence-corrected chi connectivity index (χ1v) is 6.74. The number of hydrogen-bond acceptors (Lipinski definition) is 4. The molecule has 0 bridgehead atoms. The van der Waals surface area contributed by atoms with Crippen molar-refractivity contribution in [2.75, 3.05) is 6.54 Å². The average molecular weight is 308 g/mol. The van der Waals surface area contributed by atoms with Crippen molar-refractivity contribution in [2.24, 2.45) is 0 Å². The Kier molecular flexibility index (Phi) is 5.91. The zero-order valence-corrected chi connectivity index (χ0v) is 12.8. The molecule has 0 unspecified atom stereocenters. The van der Waals surface area contributed by atoms with E-state index in [9.17, 15) is 14.4 Å². The first-order chi connectivity index (χ1) is 10.2. The molecule has 7 nitrogen and oxygen atoms in total. The van der Waals surface area contributed by atoms with Gasteiger partial charge in [0.15, 0.2) is 0 Å². The van der Waals surface area contributed by atoms with Crippen molar-refractivity contribution in [3.8, 4) is 0 Å². The predicted molar refractivity (Wildman–Crippen MR) is 79.6 cm³/mol. The Hall–Kier alpha value is -2.57. The Labute approximate surface area is 128 Å². The summed E-state index contributed by atoms with van der Waals surface area (Å²) in [5, 5.41) is 13.7. The number of aliphatic carboxylic acids is 1. The van der Waals surface area contributed by atoms with Gasteiger partial charge in [0.25, 0.3) is 5.91 Å². The van der Waals surface area contributed by atoms with Gasteiger partial charge in [0.05, 0.1) is 0 Å². The molecule has 1 aromatic carbocycles. The van der Waals surface area contributed by atoms with Crippen LogP contribution in [0.4, 0.5) is 4.79 Å². The van der Waals surface area contributed by atoms with Gasteiger partial charge in [0.1, 0.15) is 11.6 Å². The fourth-order valence-corrected chi connectivity index (χ4v) is 1.54. The molecule has 0 saturated carbocycles. The number of carbonyl (C=O) groups excluding carboxylic acids is 2. The van der Waals surface area contributed by atoms with Gasteiger partial charge < -0.3 is 20.5 Å². The Morgan fingerprint density at radius 1 is 1.18 bits per heavy atom. The maximum Gasteiger partial charge on any atom is 0.408 e. The third-order valence-corrected chi connectivity index (χ3v) is 2.49. The molecule has 0 aromatic heterocycles. The number of carbonyl (C=O) groups is 3. The van der Waals surface area contributed by atoms with Gasteiger partial charge in [-0.25, -0.2) is 9.59 Å². The fourth-order valence-electron chi connectivity index (χ4n) is 1.54. The van der Waals surface area contributed by atoms with E-state index in [0.29, 0.717) is 5.56 Å². The van der Waals surface area contributed by atoms with E-state index in [1.165, 1.54) is 0 Å². The van der Waals surface area contributed by atoms with Gasteiger partial charge in [0, 0.05) is 12.1 Å². The van der Waals surface area contributed by atoms with Crippen molar-refractivity contribution in [1.82, 2.24) is 10.6 Å². The summed E-state index contributed by atoms with van der Waals surface area (Å²) in [5.74, 6) is -1.68. The van der Waals surface area contributed by atoms with Crippen LogP contribution in [-0.4, -0.2) is 41.3 Å². The number of amides is 2. The van der Waals surface area contributed by atoms with E-state index < -0.39 is 29.6 Å². The Morgan fingerprint density at radius 2 is 1.77 bits per heavy atom. The number of benzene rings is 1. The molecule has 0 saturated heterocycles. The van der Waals surface area contributed by atoms with Gasteiger partial charge >= 0.3 is 12.1 Å². The monoisotopic (exact) mass is 308 g/mol. The lowest BCUT2D eigenvalue weighted by atomic mass is 10.2. The van der Waals surface area contributed by atoms with Crippen LogP contribution < -0.4 is 10.6 Å². The summed E-state index contributed by atoms with van der Waals surface area (Å²) in [4.78, 5) is 34.5. The zero-order valence-electron chi connectivity index (χ0n) is 12.8. The van der Waals surface area contributed by atoms with Crippen LogP contribution in [0.15, 0.2) is 30.3 Å². The topological polar surface area (TPSA) is 105 Å². The first-order valence-electron chi connectivity index (χ1n) is 6.74. The van der Waals surface area contributed by atoms with E-state index >= 15 is 0 Å². The lowest BCUT2D eigenvalue weighted by molar-refractivity contribution is -0.139. The van der Waals surface area contributed by atoms with Crippen molar-refractivity contribution in [3.63, 3.8) is 0 Å². The van der Waals surface area contributed by atoms with Gasteiger partial charge in [-0.1, -0.05) is 18.2 Å². The maximum absolute atomic E-state index is 11.8. The number of rotatable bonds is 5. The molecular formula is C15H20N2O5. The number of carboxylic acid groups (broad SMARTS) is 1. The summed E-state index contributed by atoms with van der Waals surface area (Å²) in [6.45, 7) is 4.75. The van der Waals surface area contributed by atoms with Crippen LogP contribution in [0.2, 0.25) is 0 Å². The molecule has 3 N–H and O–H groups in total. The van der Waals surface area contributed by atoms with E-state index in [2.05, 4.69) is 10.6 Å². The number of alkyl carbamates (subject to hydrolysis) is 1. The first kappa shape index (κ1) is 17.5. The van der Waals surface area contributed by atoms with E-state index in [0.717, 1.165) is 0 Å². The average Bonchev–Trinajstić information content (AvgIpc) is 2.41. The minimum atomic E-state index is -1.28. The third kappa shape index (κ3) is 6.25. The molecule has 2 amide bonds. The van der Waals surface area contributed by atoms with Crippen LogP contribution in [0.3, 0.4) is 0 Å². The van der Waals surface area contributed by atoms with Gasteiger partial charge in [-0.3, -0.25) is 4.79 Å².